The Hall–Kier alpha value is -1.35. The van der Waals surface area contributed by atoms with Crippen LogP contribution in [0.15, 0.2) is 30.3 Å². The first-order chi connectivity index (χ1) is 9.88. The van der Waals surface area contributed by atoms with Crippen molar-refractivity contribution in [3.63, 3.8) is 0 Å². The second-order valence-corrected chi connectivity index (χ2v) is 7.12. The van der Waals surface area contributed by atoms with Crippen molar-refractivity contribution < 1.29 is 4.79 Å². The molecule has 0 aromatic heterocycles. The lowest BCUT2D eigenvalue weighted by molar-refractivity contribution is -0.141. The maximum atomic E-state index is 12.3. The Bertz CT molecular complexity index is 456. The Balaban J connectivity index is 1.85. The molecule has 0 bridgehead atoms. The predicted octanol–water partition coefficient (Wildman–Crippen LogP) is 2.81. The first kappa shape index (κ1) is 16.0. The van der Waals surface area contributed by atoms with Crippen molar-refractivity contribution in [1.29, 1.82) is 0 Å². The summed E-state index contributed by atoms with van der Waals surface area (Å²) in [6.45, 7) is 12.0. The fourth-order valence-electron chi connectivity index (χ4n) is 2.92. The van der Waals surface area contributed by atoms with Gasteiger partial charge in [0.15, 0.2) is 0 Å². The number of carbonyl (C=O) groups excluding carboxylic acids is 1. The summed E-state index contributed by atoms with van der Waals surface area (Å²) >= 11 is 0. The minimum absolute atomic E-state index is 0.266. The van der Waals surface area contributed by atoms with Crippen LogP contribution >= 0.6 is 0 Å². The van der Waals surface area contributed by atoms with E-state index >= 15 is 0 Å². The number of carbonyl (C=O) groups is 1. The molecule has 21 heavy (non-hydrogen) atoms. The maximum Gasteiger partial charge on any atom is 0.228 e. The topological polar surface area (TPSA) is 23.6 Å². The summed E-state index contributed by atoms with van der Waals surface area (Å²) in [6, 6.07) is 11.2. The second kappa shape index (κ2) is 6.61. The summed E-state index contributed by atoms with van der Waals surface area (Å²) in [5.74, 6) is 0.276. The van der Waals surface area contributed by atoms with E-state index in [1.165, 1.54) is 5.56 Å². The Kier molecular flexibility index (Phi) is 5.04. The molecule has 1 amide bonds. The molecule has 1 saturated heterocycles. The highest BCUT2D eigenvalue weighted by atomic mass is 16.2. The number of amides is 1. The van der Waals surface area contributed by atoms with Crippen molar-refractivity contribution in [1.82, 2.24) is 9.80 Å². The average molecular weight is 288 g/mol. The van der Waals surface area contributed by atoms with Crippen molar-refractivity contribution in [3.8, 4) is 0 Å². The quantitative estimate of drug-likeness (QED) is 0.854. The summed E-state index contributed by atoms with van der Waals surface area (Å²) in [5, 5.41) is 0. The monoisotopic (exact) mass is 288 g/mol. The fraction of sp³-hybridized carbons (Fsp3) is 0.611. The largest absolute Gasteiger partial charge is 0.340 e. The zero-order chi connectivity index (χ0) is 15.5. The van der Waals surface area contributed by atoms with Gasteiger partial charge in [0.05, 0.1) is 0 Å². The standard InChI is InChI=1S/C18H28N2O/c1-15(14-16-8-6-5-7-9-16)19-10-12-20(13-11-19)17(21)18(2,3)4/h5-9,15H,10-14H2,1-4H3. The molecular formula is C18H28N2O. The van der Waals surface area contributed by atoms with Gasteiger partial charge in [-0.15, -0.1) is 0 Å². The third kappa shape index (κ3) is 4.31. The molecule has 2 rings (SSSR count). The zero-order valence-electron chi connectivity index (χ0n) is 13.8. The molecule has 0 saturated carbocycles. The number of rotatable bonds is 3. The Morgan fingerprint density at radius 3 is 2.19 bits per heavy atom. The molecule has 0 spiro atoms. The molecule has 1 aliphatic rings. The van der Waals surface area contributed by atoms with Gasteiger partial charge in [-0.2, -0.15) is 0 Å². The molecule has 1 aromatic carbocycles. The summed E-state index contributed by atoms with van der Waals surface area (Å²) in [6.07, 6.45) is 1.08. The van der Waals surface area contributed by atoms with E-state index in [1.807, 2.05) is 25.7 Å². The molecule has 3 heteroatoms. The van der Waals surface area contributed by atoms with Crippen molar-refractivity contribution in [2.45, 2.75) is 40.2 Å². The van der Waals surface area contributed by atoms with Crippen LogP contribution in [0.25, 0.3) is 0 Å². The molecule has 0 N–H and O–H groups in total. The molecule has 1 aliphatic heterocycles. The van der Waals surface area contributed by atoms with E-state index in [9.17, 15) is 4.79 Å². The van der Waals surface area contributed by atoms with E-state index in [0.717, 1.165) is 32.6 Å². The van der Waals surface area contributed by atoms with Crippen LogP contribution in [0.2, 0.25) is 0 Å². The van der Waals surface area contributed by atoms with Gasteiger partial charge in [-0.25, -0.2) is 0 Å². The molecule has 3 nitrogen and oxygen atoms in total. The summed E-state index contributed by atoms with van der Waals surface area (Å²) in [7, 11) is 0. The van der Waals surface area contributed by atoms with E-state index in [1.54, 1.807) is 0 Å². The van der Waals surface area contributed by atoms with Gasteiger partial charge in [0.1, 0.15) is 0 Å². The van der Waals surface area contributed by atoms with E-state index in [-0.39, 0.29) is 11.3 Å². The molecule has 116 valence electrons. The van der Waals surface area contributed by atoms with E-state index in [2.05, 4.69) is 42.2 Å². The van der Waals surface area contributed by atoms with Crippen LogP contribution in [0, 0.1) is 5.41 Å². The first-order valence-electron chi connectivity index (χ1n) is 7.95. The van der Waals surface area contributed by atoms with Gasteiger partial charge in [0.2, 0.25) is 5.91 Å². The van der Waals surface area contributed by atoms with Gasteiger partial charge >= 0.3 is 0 Å². The van der Waals surface area contributed by atoms with Gasteiger partial charge in [-0.3, -0.25) is 9.69 Å². The summed E-state index contributed by atoms with van der Waals surface area (Å²) in [5.41, 5.74) is 1.12. The Labute approximate surface area is 128 Å². The molecule has 1 heterocycles. The highest BCUT2D eigenvalue weighted by Crippen LogP contribution is 2.19. The van der Waals surface area contributed by atoms with E-state index in [4.69, 9.17) is 0 Å². The molecule has 1 atom stereocenters. The lowest BCUT2D eigenvalue weighted by atomic mass is 9.94. The van der Waals surface area contributed by atoms with Crippen LogP contribution in [0.3, 0.4) is 0 Å². The second-order valence-electron chi connectivity index (χ2n) is 7.12. The van der Waals surface area contributed by atoms with Crippen molar-refractivity contribution >= 4 is 5.91 Å². The SMILES string of the molecule is CC(Cc1ccccc1)N1CCN(C(=O)C(C)(C)C)CC1. The van der Waals surface area contributed by atoms with Crippen molar-refractivity contribution in [2.75, 3.05) is 26.2 Å². The van der Waals surface area contributed by atoms with Gasteiger partial charge in [-0.05, 0) is 18.9 Å². The average Bonchev–Trinajstić information content (AvgIpc) is 2.46. The smallest absolute Gasteiger partial charge is 0.228 e. The fourth-order valence-corrected chi connectivity index (χ4v) is 2.92. The van der Waals surface area contributed by atoms with Crippen LogP contribution in [0.1, 0.15) is 33.3 Å². The van der Waals surface area contributed by atoms with Crippen molar-refractivity contribution in [3.05, 3.63) is 35.9 Å². The molecular weight excluding hydrogens is 260 g/mol. The van der Waals surface area contributed by atoms with Gasteiger partial charge in [-0.1, -0.05) is 51.1 Å². The number of hydrogen-bond acceptors (Lipinski definition) is 2. The molecule has 0 aliphatic carbocycles. The van der Waals surface area contributed by atoms with Gasteiger partial charge in [0, 0.05) is 37.6 Å². The lowest BCUT2D eigenvalue weighted by Gasteiger charge is -2.40. The number of piperazine rings is 1. The first-order valence-corrected chi connectivity index (χ1v) is 7.95. The molecule has 0 radical (unpaired) electrons. The minimum atomic E-state index is -0.266. The summed E-state index contributed by atoms with van der Waals surface area (Å²) in [4.78, 5) is 16.8. The summed E-state index contributed by atoms with van der Waals surface area (Å²) < 4.78 is 0. The molecule has 1 fully saturated rings. The molecule has 1 aromatic rings. The maximum absolute atomic E-state index is 12.3. The highest BCUT2D eigenvalue weighted by molar-refractivity contribution is 5.81. The van der Waals surface area contributed by atoms with E-state index < -0.39 is 0 Å². The van der Waals surface area contributed by atoms with Crippen molar-refractivity contribution in [2.24, 2.45) is 5.41 Å². The number of nitrogens with zero attached hydrogens (tertiary/aromatic N) is 2. The lowest BCUT2D eigenvalue weighted by Crippen LogP contribution is -2.53. The van der Waals surface area contributed by atoms with E-state index in [0.29, 0.717) is 6.04 Å². The third-order valence-electron chi connectivity index (χ3n) is 4.24. The van der Waals surface area contributed by atoms with Gasteiger partial charge < -0.3 is 4.90 Å². The van der Waals surface area contributed by atoms with Crippen LogP contribution in [-0.2, 0) is 11.2 Å². The number of hydrogen-bond donors (Lipinski definition) is 0. The third-order valence-corrected chi connectivity index (χ3v) is 4.24. The van der Waals surface area contributed by atoms with Crippen LogP contribution in [0.4, 0.5) is 0 Å². The number of benzene rings is 1. The Morgan fingerprint density at radius 2 is 1.67 bits per heavy atom. The van der Waals surface area contributed by atoms with Crippen LogP contribution in [-0.4, -0.2) is 47.9 Å². The normalized spacial score (nSPS) is 18.6. The predicted molar refractivity (Wildman–Crippen MR) is 87.2 cm³/mol. The Morgan fingerprint density at radius 1 is 1.10 bits per heavy atom. The zero-order valence-corrected chi connectivity index (χ0v) is 13.8. The molecule has 1 unspecified atom stereocenters. The van der Waals surface area contributed by atoms with Gasteiger partial charge in [0.25, 0.3) is 0 Å². The minimum Gasteiger partial charge on any atom is -0.340 e. The van der Waals surface area contributed by atoms with Crippen LogP contribution < -0.4 is 0 Å². The van der Waals surface area contributed by atoms with Crippen LogP contribution in [0.5, 0.6) is 0 Å². The highest BCUT2D eigenvalue weighted by Gasteiger charge is 2.30.